The zero-order chi connectivity index (χ0) is 23.3. The molecule has 0 saturated heterocycles. The molecular weight excluding hydrogens is 414 g/mol. The van der Waals surface area contributed by atoms with E-state index in [1.807, 2.05) is 6.92 Å². The summed E-state index contributed by atoms with van der Waals surface area (Å²) in [6.45, 7) is 3.68. The summed E-state index contributed by atoms with van der Waals surface area (Å²) in [7, 11) is 4.56. The standard InChI is InChI=1S/C22H25N5O5/c1-6-15-12-20(29)25-22(23-15)27-18(9-13(2)26-27)24-19(28)8-7-14-10-16(30-3)21(32-5)17(11-14)31-4/h7-12H,6H2,1-5H3,(H,24,28)(H,23,25,29)/b8-7+. The first-order valence-electron chi connectivity index (χ1n) is 9.84. The molecule has 10 heteroatoms. The van der Waals surface area contributed by atoms with Gasteiger partial charge in [-0.2, -0.15) is 9.78 Å². The third-order valence-corrected chi connectivity index (χ3v) is 4.54. The number of hydrogen-bond donors (Lipinski definition) is 2. The molecule has 0 aliphatic carbocycles. The van der Waals surface area contributed by atoms with Crippen molar-refractivity contribution < 1.29 is 19.0 Å². The topological polar surface area (TPSA) is 120 Å². The van der Waals surface area contributed by atoms with Crippen LogP contribution in [-0.4, -0.2) is 47.0 Å². The summed E-state index contributed by atoms with van der Waals surface area (Å²) in [4.78, 5) is 31.5. The fraction of sp³-hybridized carbons (Fsp3) is 0.273. The van der Waals surface area contributed by atoms with E-state index in [0.717, 1.165) is 0 Å². The molecule has 2 heterocycles. The van der Waals surface area contributed by atoms with Gasteiger partial charge in [-0.1, -0.05) is 6.92 Å². The van der Waals surface area contributed by atoms with Crippen molar-refractivity contribution in [2.45, 2.75) is 20.3 Å². The van der Waals surface area contributed by atoms with E-state index in [0.29, 0.717) is 46.4 Å². The van der Waals surface area contributed by atoms with Crippen LogP contribution in [-0.2, 0) is 11.2 Å². The fourth-order valence-electron chi connectivity index (χ4n) is 3.06. The fourth-order valence-corrected chi connectivity index (χ4v) is 3.06. The molecule has 3 aromatic rings. The van der Waals surface area contributed by atoms with Gasteiger partial charge in [-0.25, -0.2) is 4.98 Å². The molecule has 2 N–H and O–H groups in total. The minimum Gasteiger partial charge on any atom is -0.493 e. The monoisotopic (exact) mass is 439 g/mol. The minimum absolute atomic E-state index is 0.228. The molecule has 0 saturated carbocycles. The summed E-state index contributed by atoms with van der Waals surface area (Å²) in [6, 6.07) is 6.57. The molecule has 32 heavy (non-hydrogen) atoms. The lowest BCUT2D eigenvalue weighted by atomic mass is 10.1. The number of methoxy groups -OCH3 is 3. The molecule has 0 atom stereocenters. The molecule has 0 aliphatic rings. The van der Waals surface area contributed by atoms with Crippen LogP contribution >= 0.6 is 0 Å². The van der Waals surface area contributed by atoms with Crippen molar-refractivity contribution in [3.05, 3.63) is 57.6 Å². The third kappa shape index (κ3) is 4.97. The van der Waals surface area contributed by atoms with E-state index in [4.69, 9.17) is 14.2 Å². The van der Waals surface area contributed by atoms with Crippen LogP contribution in [0, 0.1) is 6.92 Å². The first-order chi connectivity index (χ1) is 15.4. The third-order valence-electron chi connectivity index (χ3n) is 4.54. The normalized spacial score (nSPS) is 10.9. The van der Waals surface area contributed by atoms with Crippen LogP contribution in [0.2, 0.25) is 0 Å². The first-order valence-corrected chi connectivity index (χ1v) is 9.84. The van der Waals surface area contributed by atoms with Crippen molar-refractivity contribution in [2.24, 2.45) is 0 Å². The van der Waals surface area contributed by atoms with Crippen LogP contribution in [0.25, 0.3) is 12.0 Å². The zero-order valence-corrected chi connectivity index (χ0v) is 18.6. The van der Waals surface area contributed by atoms with Gasteiger partial charge in [0.1, 0.15) is 5.82 Å². The van der Waals surface area contributed by atoms with Gasteiger partial charge in [0.25, 0.3) is 5.56 Å². The number of rotatable bonds is 8. The molecule has 0 bridgehead atoms. The number of aromatic amines is 1. The number of carbonyl (C=O) groups is 1. The van der Waals surface area contributed by atoms with Gasteiger partial charge in [0.2, 0.25) is 17.6 Å². The molecule has 0 spiro atoms. The van der Waals surface area contributed by atoms with Gasteiger partial charge < -0.3 is 19.5 Å². The Hall–Kier alpha value is -4.08. The lowest BCUT2D eigenvalue weighted by molar-refractivity contribution is -0.111. The van der Waals surface area contributed by atoms with Crippen molar-refractivity contribution in [3.8, 4) is 23.2 Å². The molecule has 3 rings (SSSR count). The molecule has 168 valence electrons. The van der Waals surface area contributed by atoms with Gasteiger partial charge >= 0.3 is 0 Å². The maximum Gasteiger partial charge on any atom is 0.252 e. The highest BCUT2D eigenvalue weighted by atomic mass is 16.5. The van der Waals surface area contributed by atoms with Crippen LogP contribution in [0.1, 0.15) is 23.9 Å². The Labute approximate surface area is 184 Å². The number of ether oxygens (including phenoxy) is 3. The van der Waals surface area contributed by atoms with Crippen LogP contribution < -0.4 is 25.1 Å². The van der Waals surface area contributed by atoms with Crippen LogP contribution in [0.15, 0.2) is 35.1 Å². The number of aryl methyl sites for hydroxylation is 2. The Morgan fingerprint density at radius 1 is 1.12 bits per heavy atom. The number of anilines is 1. The van der Waals surface area contributed by atoms with Gasteiger partial charge in [0.05, 0.1) is 27.0 Å². The largest absolute Gasteiger partial charge is 0.493 e. The highest BCUT2D eigenvalue weighted by Gasteiger charge is 2.14. The molecule has 1 amide bonds. The van der Waals surface area contributed by atoms with Gasteiger partial charge in [0, 0.05) is 23.9 Å². The molecule has 0 radical (unpaired) electrons. The summed E-state index contributed by atoms with van der Waals surface area (Å²) >= 11 is 0. The summed E-state index contributed by atoms with van der Waals surface area (Å²) in [5.74, 6) is 1.63. The quantitative estimate of drug-likeness (QED) is 0.517. The molecule has 2 aromatic heterocycles. The predicted molar refractivity (Wildman–Crippen MR) is 120 cm³/mol. The summed E-state index contributed by atoms with van der Waals surface area (Å²) < 4.78 is 17.4. The van der Waals surface area contributed by atoms with E-state index in [9.17, 15) is 9.59 Å². The lowest BCUT2D eigenvalue weighted by Crippen LogP contribution is -2.18. The highest BCUT2D eigenvalue weighted by molar-refractivity contribution is 6.01. The number of carbonyl (C=O) groups excluding carboxylic acids is 1. The Morgan fingerprint density at radius 3 is 2.41 bits per heavy atom. The maximum atomic E-state index is 12.6. The second-order valence-electron chi connectivity index (χ2n) is 6.78. The summed E-state index contributed by atoms with van der Waals surface area (Å²) in [5, 5.41) is 7.09. The molecule has 0 unspecified atom stereocenters. The smallest absolute Gasteiger partial charge is 0.252 e. The summed E-state index contributed by atoms with van der Waals surface area (Å²) in [6.07, 6.45) is 3.58. The van der Waals surface area contributed by atoms with Crippen LogP contribution in [0.3, 0.4) is 0 Å². The molecule has 10 nitrogen and oxygen atoms in total. The van der Waals surface area contributed by atoms with Crippen LogP contribution in [0.5, 0.6) is 17.2 Å². The zero-order valence-electron chi connectivity index (χ0n) is 18.6. The number of hydrogen-bond acceptors (Lipinski definition) is 7. The van der Waals surface area contributed by atoms with Crippen molar-refractivity contribution >= 4 is 17.8 Å². The molecular formula is C22H25N5O5. The predicted octanol–water partition coefficient (Wildman–Crippen LogP) is 2.50. The average Bonchev–Trinajstić information content (AvgIpc) is 3.16. The van der Waals surface area contributed by atoms with E-state index >= 15 is 0 Å². The number of benzene rings is 1. The van der Waals surface area contributed by atoms with Crippen LogP contribution in [0.4, 0.5) is 5.82 Å². The van der Waals surface area contributed by atoms with E-state index < -0.39 is 5.91 Å². The Morgan fingerprint density at radius 2 is 1.81 bits per heavy atom. The number of H-pyrrole nitrogens is 1. The lowest BCUT2D eigenvalue weighted by Gasteiger charge is -2.12. The van der Waals surface area contributed by atoms with E-state index in [1.165, 1.54) is 38.2 Å². The van der Waals surface area contributed by atoms with E-state index in [1.54, 1.807) is 31.2 Å². The molecule has 0 fully saturated rings. The minimum atomic E-state index is -0.395. The first kappa shape index (κ1) is 22.6. The number of amides is 1. The number of aromatic nitrogens is 4. The number of nitrogens with one attached hydrogen (secondary N) is 2. The van der Waals surface area contributed by atoms with Gasteiger partial charge in [0.15, 0.2) is 11.5 Å². The van der Waals surface area contributed by atoms with Crippen molar-refractivity contribution in [1.82, 2.24) is 19.7 Å². The second-order valence-corrected chi connectivity index (χ2v) is 6.78. The van der Waals surface area contributed by atoms with E-state index in [2.05, 4.69) is 20.4 Å². The van der Waals surface area contributed by atoms with Crippen molar-refractivity contribution in [1.29, 1.82) is 0 Å². The number of nitrogens with zero attached hydrogens (tertiary/aromatic N) is 3. The van der Waals surface area contributed by atoms with Crippen molar-refractivity contribution in [2.75, 3.05) is 26.6 Å². The summed E-state index contributed by atoms with van der Waals surface area (Å²) in [5.41, 5.74) is 1.66. The highest BCUT2D eigenvalue weighted by Crippen LogP contribution is 2.38. The molecule has 1 aromatic carbocycles. The van der Waals surface area contributed by atoms with Gasteiger partial charge in [-0.3, -0.25) is 14.6 Å². The average molecular weight is 439 g/mol. The Balaban J connectivity index is 1.86. The van der Waals surface area contributed by atoms with Crippen molar-refractivity contribution in [3.63, 3.8) is 0 Å². The Kier molecular flexibility index (Phi) is 6.93. The van der Waals surface area contributed by atoms with Gasteiger partial charge in [-0.05, 0) is 37.1 Å². The van der Waals surface area contributed by atoms with E-state index in [-0.39, 0.29) is 11.5 Å². The SMILES string of the molecule is CCc1cc(=O)[nH]c(-n2nc(C)cc2NC(=O)/C=C/c2cc(OC)c(OC)c(OC)c2)n1. The molecule has 0 aliphatic heterocycles. The Bertz CT molecular complexity index is 1190. The van der Waals surface area contributed by atoms with Gasteiger partial charge in [-0.15, -0.1) is 0 Å². The second kappa shape index (κ2) is 9.82. The maximum absolute atomic E-state index is 12.6.